The molecule has 1 aromatic rings. The number of carbonyl (C=O) groups is 1. The van der Waals surface area contributed by atoms with Crippen LogP contribution in [0.3, 0.4) is 0 Å². The number of rotatable bonds is 4. The van der Waals surface area contributed by atoms with Crippen LogP contribution in [0.5, 0.6) is 0 Å². The summed E-state index contributed by atoms with van der Waals surface area (Å²) in [5.41, 5.74) is 8.18. The second-order valence-corrected chi connectivity index (χ2v) is 4.39. The maximum absolute atomic E-state index is 12.9. The van der Waals surface area contributed by atoms with Gasteiger partial charge in [-0.2, -0.15) is 0 Å². The Hall–Kier alpha value is -2.04. The molecule has 1 heterocycles. The van der Waals surface area contributed by atoms with Crippen molar-refractivity contribution >= 4 is 11.6 Å². The molecule has 3 N–H and O–H groups in total. The minimum absolute atomic E-state index is 0.0425. The summed E-state index contributed by atoms with van der Waals surface area (Å²) in [5, 5.41) is 2.81. The Balaban J connectivity index is 1.91. The summed E-state index contributed by atoms with van der Waals surface area (Å²) in [5.74, 6) is -0.221. The number of aryl methyl sites for hydroxylation is 1. The van der Waals surface area contributed by atoms with Gasteiger partial charge in [0.25, 0.3) is 0 Å². The summed E-state index contributed by atoms with van der Waals surface area (Å²) in [6.07, 6.45) is 1.27. The first-order valence-electron chi connectivity index (χ1n) is 5.82. The standard InChI is InChI=1S/C13H16FN3O/c1-8-7-10(14)3-4-11(8)17-16-9(2)12-5-6-13(18)15-12/h3-4,7,12,16-17H,2,5-6H2,1H3,(H,15,18). The molecule has 0 aliphatic carbocycles. The van der Waals surface area contributed by atoms with Gasteiger partial charge in [-0.15, -0.1) is 0 Å². The van der Waals surface area contributed by atoms with Crippen LogP contribution in [0.1, 0.15) is 18.4 Å². The number of anilines is 1. The second kappa shape index (κ2) is 5.08. The number of hydrazine groups is 1. The van der Waals surface area contributed by atoms with Crippen LogP contribution in [0.4, 0.5) is 10.1 Å². The predicted molar refractivity (Wildman–Crippen MR) is 68.2 cm³/mol. The number of hydrogen-bond donors (Lipinski definition) is 3. The zero-order chi connectivity index (χ0) is 13.1. The van der Waals surface area contributed by atoms with E-state index in [9.17, 15) is 9.18 Å². The smallest absolute Gasteiger partial charge is 0.220 e. The molecule has 18 heavy (non-hydrogen) atoms. The molecular formula is C13H16FN3O. The van der Waals surface area contributed by atoms with Gasteiger partial charge < -0.3 is 16.2 Å². The number of hydrogen-bond acceptors (Lipinski definition) is 3. The summed E-state index contributed by atoms with van der Waals surface area (Å²) >= 11 is 0. The fourth-order valence-corrected chi connectivity index (χ4v) is 1.88. The fourth-order valence-electron chi connectivity index (χ4n) is 1.88. The average molecular weight is 249 g/mol. The molecule has 0 saturated carbocycles. The molecule has 96 valence electrons. The molecule has 1 atom stereocenters. The Kier molecular flexibility index (Phi) is 3.50. The van der Waals surface area contributed by atoms with E-state index < -0.39 is 0 Å². The summed E-state index contributed by atoms with van der Waals surface area (Å²) in [7, 11) is 0. The molecule has 1 aliphatic rings. The number of benzene rings is 1. The predicted octanol–water partition coefficient (Wildman–Crippen LogP) is 1.84. The molecule has 1 fully saturated rings. The Morgan fingerprint density at radius 2 is 2.33 bits per heavy atom. The van der Waals surface area contributed by atoms with Gasteiger partial charge in [0, 0.05) is 12.1 Å². The van der Waals surface area contributed by atoms with E-state index in [-0.39, 0.29) is 17.8 Å². The monoisotopic (exact) mass is 249 g/mol. The lowest BCUT2D eigenvalue weighted by Gasteiger charge is -2.18. The van der Waals surface area contributed by atoms with Crippen LogP contribution < -0.4 is 16.2 Å². The van der Waals surface area contributed by atoms with E-state index >= 15 is 0 Å². The Morgan fingerprint density at radius 1 is 1.56 bits per heavy atom. The van der Waals surface area contributed by atoms with Crippen molar-refractivity contribution in [2.75, 3.05) is 5.43 Å². The van der Waals surface area contributed by atoms with Crippen molar-refractivity contribution < 1.29 is 9.18 Å². The molecular weight excluding hydrogens is 233 g/mol. The Bertz CT molecular complexity index is 487. The third-order valence-electron chi connectivity index (χ3n) is 2.96. The maximum atomic E-state index is 12.9. The van der Waals surface area contributed by atoms with Gasteiger partial charge in [0.2, 0.25) is 5.91 Å². The first-order chi connectivity index (χ1) is 8.56. The molecule has 0 radical (unpaired) electrons. The highest BCUT2D eigenvalue weighted by atomic mass is 19.1. The zero-order valence-electron chi connectivity index (χ0n) is 10.2. The topological polar surface area (TPSA) is 53.2 Å². The van der Waals surface area contributed by atoms with Gasteiger partial charge in [0.15, 0.2) is 0 Å². The lowest BCUT2D eigenvalue weighted by Crippen LogP contribution is -2.35. The average Bonchev–Trinajstić information content (AvgIpc) is 2.74. The number of halogens is 1. The van der Waals surface area contributed by atoms with E-state index in [1.165, 1.54) is 12.1 Å². The van der Waals surface area contributed by atoms with Crippen LogP contribution in [-0.2, 0) is 4.79 Å². The Labute approximate surface area is 105 Å². The second-order valence-electron chi connectivity index (χ2n) is 4.39. The van der Waals surface area contributed by atoms with E-state index in [4.69, 9.17) is 0 Å². The normalized spacial score (nSPS) is 18.3. The van der Waals surface area contributed by atoms with Crippen molar-refractivity contribution in [2.24, 2.45) is 0 Å². The summed E-state index contributed by atoms with van der Waals surface area (Å²) in [4.78, 5) is 11.1. The first-order valence-corrected chi connectivity index (χ1v) is 5.82. The molecule has 1 amide bonds. The van der Waals surface area contributed by atoms with Crippen LogP contribution in [0.25, 0.3) is 0 Å². The highest BCUT2D eigenvalue weighted by Crippen LogP contribution is 2.16. The third kappa shape index (κ3) is 2.80. The van der Waals surface area contributed by atoms with E-state index in [2.05, 4.69) is 22.7 Å². The summed E-state index contributed by atoms with van der Waals surface area (Å²) in [6, 6.07) is 4.44. The largest absolute Gasteiger partial charge is 0.348 e. The molecule has 0 spiro atoms. The first kappa shape index (κ1) is 12.4. The molecule has 1 aromatic carbocycles. The molecule has 0 bridgehead atoms. The molecule has 1 aliphatic heterocycles. The molecule has 4 nitrogen and oxygen atoms in total. The summed E-state index contributed by atoms with van der Waals surface area (Å²) < 4.78 is 12.9. The minimum Gasteiger partial charge on any atom is -0.348 e. The minimum atomic E-state index is -0.264. The van der Waals surface area contributed by atoms with Gasteiger partial charge in [-0.25, -0.2) is 4.39 Å². The summed E-state index contributed by atoms with van der Waals surface area (Å²) in [6.45, 7) is 5.68. The maximum Gasteiger partial charge on any atom is 0.220 e. The van der Waals surface area contributed by atoms with Gasteiger partial charge in [-0.1, -0.05) is 6.58 Å². The van der Waals surface area contributed by atoms with Gasteiger partial charge in [0.1, 0.15) is 5.82 Å². The van der Waals surface area contributed by atoms with Crippen molar-refractivity contribution in [3.05, 3.63) is 41.9 Å². The van der Waals surface area contributed by atoms with Crippen molar-refractivity contribution in [2.45, 2.75) is 25.8 Å². The van der Waals surface area contributed by atoms with Crippen LogP contribution in [0, 0.1) is 12.7 Å². The van der Waals surface area contributed by atoms with Crippen LogP contribution in [-0.4, -0.2) is 11.9 Å². The van der Waals surface area contributed by atoms with Crippen molar-refractivity contribution in [1.29, 1.82) is 0 Å². The van der Waals surface area contributed by atoms with E-state index in [1.54, 1.807) is 6.07 Å². The lowest BCUT2D eigenvalue weighted by molar-refractivity contribution is -0.119. The van der Waals surface area contributed by atoms with Gasteiger partial charge in [-0.05, 0) is 37.1 Å². The number of carbonyl (C=O) groups excluding carboxylic acids is 1. The lowest BCUT2D eigenvalue weighted by atomic mass is 10.2. The van der Waals surface area contributed by atoms with Crippen molar-refractivity contribution in [3.8, 4) is 0 Å². The van der Waals surface area contributed by atoms with E-state index in [0.29, 0.717) is 12.1 Å². The number of nitrogens with one attached hydrogen (secondary N) is 3. The van der Waals surface area contributed by atoms with Crippen LogP contribution in [0.15, 0.2) is 30.5 Å². The van der Waals surface area contributed by atoms with E-state index in [0.717, 1.165) is 17.7 Å². The van der Waals surface area contributed by atoms with Crippen molar-refractivity contribution in [1.82, 2.24) is 10.7 Å². The molecule has 5 heteroatoms. The Morgan fingerprint density at radius 3 is 2.94 bits per heavy atom. The highest BCUT2D eigenvalue weighted by molar-refractivity contribution is 5.79. The van der Waals surface area contributed by atoms with Gasteiger partial charge >= 0.3 is 0 Å². The van der Waals surface area contributed by atoms with Crippen molar-refractivity contribution in [3.63, 3.8) is 0 Å². The molecule has 2 rings (SSSR count). The van der Waals surface area contributed by atoms with E-state index in [1.807, 2.05) is 6.92 Å². The van der Waals surface area contributed by atoms with Crippen LogP contribution >= 0.6 is 0 Å². The fraction of sp³-hybridized carbons (Fsp3) is 0.308. The quantitative estimate of drug-likeness (QED) is 0.714. The SMILES string of the molecule is C=C(NNc1ccc(F)cc1C)C1CCC(=O)N1. The highest BCUT2D eigenvalue weighted by Gasteiger charge is 2.22. The third-order valence-corrected chi connectivity index (χ3v) is 2.96. The number of amides is 1. The van der Waals surface area contributed by atoms with Gasteiger partial charge in [0.05, 0.1) is 11.7 Å². The van der Waals surface area contributed by atoms with Crippen LogP contribution in [0.2, 0.25) is 0 Å². The molecule has 0 aromatic heterocycles. The van der Waals surface area contributed by atoms with Gasteiger partial charge in [-0.3, -0.25) is 4.79 Å². The molecule has 1 saturated heterocycles. The molecule has 1 unspecified atom stereocenters. The zero-order valence-corrected chi connectivity index (χ0v) is 10.2.